The number of fused-ring (bicyclic) bond motifs is 4. The molecule has 216 valence electrons. The molecule has 2 aromatic rings. The van der Waals surface area contributed by atoms with Crippen LogP contribution in [0.1, 0.15) is 35.7 Å². The van der Waals surface area contributed by atoms with Crippen LogP contribution in [0.3, 0.4) is 0 Å². The van der Waals surface area contributed by atoms with E-state index in [4.69, 9.17) is 4.74 Å². The molecule has 4 atom stereocenters. The Kier molecular flexibility index (Phi) is 5.81. The van der Waals surface area contributed by atoms with Crippen molar-refractivity contribution in [2.45, 2.75) is 26.2 Å². The van der Waals surface area contributed by atoms with Gasteiger partial charge in [0.25, 0.3) is 0 Å². The molecule has 7 rings (SSSR count). The molecule has 2 heterocycles. The molecule has 1 saturated heterocycles. The van der Waals surface area contributed by atoms with Crippen LogP contribution >= 0.6 is 0 Å². The van der Waals surface area contributed by atoms with Crippen molar-refractivity contribution < 1.29 is 44.0 Å². The number of hydrogen-bond donors (Lipinski definition) is 3. The summed E-state index contributed by atoms with van der Waals surface area (Å²) in [5, 5.41) is 29.6. The highest BCUT2D eigenvalue weighted by Gasteiger charge is 2.57. The number of aromatic carboxylic acids is 1. The predicted molar refractivity (Wildman–Crippen MR) is 150 cm³/mol. The van der Waals surface area contributed by atoms with Crippen LogP contribution in [0.15, 0.2) is 82.7 Å². The van der Waals surface area contributed by atoms with Crippen molar-refractivity contribution in [2.75, 3.05) is 4.90 Å². The lowest BCUT2D eigenvalue weighted by molar-refractivity contribution is -0.123. The third-order valence-electron chi connectivity index (χ3n) is 9.18. The van der Waals surface area contributed by atoms with E-state index in [1.807, 2.05) is 6.08 Å². The number of phenolic OH excluding ortho intramolecular Hbond substituents is 1. The molecule has 3 aliphatic carbocycles. The zero-order valence-electron chi connectivity index (χ0n) is 22.9. The number of carbonyl (C=O) groups is 5. The summed E-state index contributed by atoms with van der Waals surface area (Å²) in [5.74, 6) is -5.65. The van der Waals surface area contributed by atoms with Crippen molar-refractivity contribution in [3.8, 4) is 17.2 Å². The van der Waals surface area contributed by atoms with Crippen LogP contribution < -0.4 is 9.64 Å². The summed E-state index contributed by atoms with van der Waals surface area (Å²) in [6, 6.07) is 8.28. The van der Waals surface area contributed by atoms with Crippen LogP contribution in [-0.2, 0) is 25.6 Å². The number of nitrogens with zero attached hydrogens (tertiary/aromatic N) is 1. The molecule has 10 nitrogen and oxygen atoms in total. The van der Waals surface area contributed by atoms with Gasteiger partial charge in [0.15, 0.2) is 11.6 Å². The molecule has 0 bridgehead atoms. The van der Waals surface area contributed by atoms with Gasteiger partial charge in [-0.25, -0.2) is 9.69 Å². The summed E-state index contributed by atoms with van der Waals surface area (Å²) < 4.78 is 5.89. The number of ketones is 2. The number of Topliss-reactive ketones (excluding diaryl/α,β-unsaturated/α-hetero) is 1. The lowest BCUT2D eigenvalue weighted by Crippen LogP contribution is -2.41. The van der Waals surface area contributed by atoms with Crippen LogP contribution in [-0.4, -0.2) is 44.7 Å². The highest BCUT2D eigenvalue weighted by molar-refractivity contribution is 6.25. The number of hydrogen-bond acceptors (Lipinski definition) is 8. The Hall–Kier alpha value is -5.25. The molecule has 2 aliphatic heterocycles. The van der Waals surface area contributed by atoms with E-state index < -0.39 is 47.2 Å². The fourth-order valence-electron chi connectivity index (χ4n) is 7.29. The second-order valence-corrected chi connectivity index (χ2v) is 11.5. The highest BCUT2D eigenvalue weighted by Crippen LogP contribution is 2.55. The number of benzene rings is 2. The van der Waals surface area contributed by atoms with Crippen molar-refractivity contribution in [2.24, 2.45) is 23.7 Å². The first kappa shape index (κ1) is 26.6. The van der Waals surface area contributed by atoms with Crippen molar-refractivity contribution in [1.29, 1.82) is 0 Å². The average Bonchev–Trinajstić information content (AvgIpc) is 3.23. The molecule has 43 heavy (non-hydrogen) atoms. The predicted octanol–water partition coefficient (Wildman–Crippen LogP) is 3.78. The number of aromatic hydroxyl groups is 2. The molecular weight excluding hydrogens is 554 g/mol. The molecule has 0 spiro atoms. The number of ether oxygens (including phenoxy) is 1. The summed E-state index contributed by atoms with van der Waals surface area (Å²) in [5.41, 5.74) is 2.83. The summed E-state index contributed by atoms with van der Waals surface area (Å²) in [7, 11) is 0. The van der Waals surface area contributed by atoms with Gasteiger partial charge in [-0.1, -0.05) is 11.6 Å². The van der Waals surface area contributed by atoms with Crippen molar-refractivity contribution in [3.05, 3.63) is 93.8 Å². The maximum absolute atomic E-state index is 14.0. The number of imide groups is 1. The van der Waals surface area contributed by atoms with E-state index in [0.717, 1.165) is 22.6 Å². The zero-order valence-corrected chi connectivity index (χ0v) is 22.9. The van der Waals surface area contributed by atoms with Gasteiger partial charge in [0.1, 0.15) is 22.8 Å². The number of carboxylic acids is 1. The quantitative estimate of drug-likeness (QED) is 0.279. The van der Waals surface area contributed by atoms with Crippen LogP contribution in [0.4, 0.5) is 5.69 Å². The minimum atomic E-state index is -1.35. The van der Waals surface area contributed by atoms with Gasteiger partial charge in [-0.2, -0.15) is 0 Å². The third-order valence-corrected chi connectivity index (χ3v) is 9.18. The molecule has 0 aromatic heterocycles. The van der Waals surface area contributed by atoms with Gasteiger partial charge in [0.2, 0.25) is 11.8 Å². The largest absolute Gasteiger partial charge is 0.508 e. The van der Waals surface area contributed by atoms with Crippen LogP contribution in [0.5, 0.6) is 17.2 Å². The van der Waals surface area contributed by atoms with E-state index in [-0.39, 0.29) is 41.4 Å². The van der Waals surface area contributed by atoms with Gasteiger partial charge >= 0.3 is 5.97 Å². The number of allylic oxidation sites excluding steroid dienone is 7. The second kappa shape index (κ2) is 9.38. The number of rotatable bonds is 3. The van der Waals surface area contributed by atoms with E-state index in [0.29, 0.717) is 40.0 Å². The number of phenols is 2. The Morgan fingerprint density at radius 1 is 1.00 bits per heavy atom. The molecule has 0 saturated carbocycles. The minimum absolute atomic E-state index is 0.0585. The van der Waals surface area contributed by atoms with Gasteiger partial charge in [0.05, 0.1) is 23.8 Å². The van der Waals surface area contributed by atoms with E-state index in [9.17, 15) is 39.3 Å². The Morgan fingerprint density at radius 3 is 2.53 bits per heavy atom. The first-order chi connectivity index (χ1) is 20.5. The van der Waals surface area contributed by atoms with E-state index in [2.05, 4.69) is 0 Å². The van der Waals surface area contributed by atoms with Gasteiger partial charge in [-0.3, -0.25) is 19.2 Å². The first-order valence-electron chi connectivity index (χ1n) is 13.9. The zero-order chi connectivity index (χ0) is 30.3. The lowest BCUT2D eigenvalue weighted by atomic mass is 9.58. The summed E-state index contributed by atoms with van der Waals surface area (Å²) in [4.78, 5) is 67.0. The maximum atomic E-state index is 14.0. The molecular formula is C33H25NO9. The molecule has 10 heteroatoms. The van der Waals surface area contributed by atoms with Crippen molar-refractivity contribution >= 4 is 35.0 Å². The number of anilines is 1. The Bertz CT molecular complexity index is 1840. The topological polar surface area (TPSA) is 159 Å². The number of carboxylic acid groups (broad SMARTS) is 1. The minimum Gasteiger partial charge on any atom is -0.508 e. The number of carbonyl (C=O) groups excluding carboxylic acids is 4. The molecule has 0 radical (unpaired) electrons. The summed E-state index contributed by atoms with van der Waals surface area (Å²) in [6.45, 7) is 1.58. The van der Waals surface area contributed by atoms with Crippen molar-refractivity contribution in [1.82, 2.24) is 0 Å². The standard InChI is InChI=1S/C33H25NO9/c1-14-8-25(37)29-23(30(14)38)12-22-19(27(29)16-9-15-10-18(35)3-7-26(15)43-13-16)5-6-21-28(22)32(40)34(31(21)39)17-2-4-20(33(41)42)24(36)11-17/h2-5,7-8,10-11,13,21-22,27-28,35-36H,6,9,12H2,1H3,(H,41,42)/t21-,22+,27-,28-/m0/s1. The van der Waals surface area contributed by atoms with Crippen LogP contribution in [0, 0.1) is 23.7 Å². The highest BCUT2D eigenvalue weighted by atomic mass is 16.5. The van der Waals surface area contributed by atoms with Gasteiger partial charge in [-0.15, -0.1) is 0 Å². The Balaban J connectivity index is 1.31. The second-order valence-electron chi connectivity index (χ2n) is 11.5. The average molecular weight is 580 g/mol. The normalized spacial score (nSPS) is 26.1. The fourth-order valence-corrected chi connectivity index (χ4v) is 7.29. The van der Waals surface area contributed by atoms with Crippen molar-refractivity contribution in [3.63, 3.8) is 0 Å². The maximum Gasteiger partial charge on any atom is 0.339 e. The molecule has 1 fully saturated rings. The lowest BCUT2D eigenvalue weighted by Gasteiger charge is -2.43. The first-order valence-corrected chi connectivity index (χ1v) is 13.9. The van der Waals surface area contributed by atoms with E-state index in [1.165, 1.54) is 18.2 Å². The molecule has 0 unspecified atom stereocenters. The van der Waals surface area contributed by atoms with Gasteiger partial charge in [-0.05, 0) is 67.7 Å². The van der Waals surface area contributed by atoms with E-state index in [1.54, 1.807) is 25.3 Å². The summed E-state index contributed by atoms with van der Waals surface area (Å²) in [6.07, 6.45) is 5.45. The summed E-state index contributed by atoms with van der Waals surface area (Å²) >= 11 is 0. The molecule has 2 amide bonds. The smallest absolute Gasteiger partial charge is 0.339 e. The SMILES string of the molecule is CC1=CC(=O)C2=C(C[C@@H]3C(=CC[C@@H]4C(=O)N(c5ccc(C(=O)O)c(O)c5)C(=O)[C@@H]43)[C@@H]2C2=COc3ccc(O)cc3C2)C1=O. The Morgan fingerprint density at radius 2 is 1.79 bits per heavy atom. The van der Waals surface area contributed by atoms with Crippen LogP contribution in [0.25, 0.3) is 0 Å². The Labute approximate surface area is 244 Å². The monoisotopic (exact) mass is 579 g/mol. The fraction of sp³-hybridized carbons (Fsp3) is 0.242. The van der Waals surface area contributed by atoms with Gasteiger partial charge < -0.3 is 20.1 Å². The van der Waals surface area contributed by atoms with E-state index >= 15 is 0 Å². The third kappa shape index (κ3) is 3.89. The molecule has 2 aromatic carbocycles. The molecule has 5 aliphatic rings. The molecule has 3 N–H and O–H groups in total. The van der Waals surface area contributed by atoms with Crippen LogP contribution in [0.2, 0.25) is 0 Å². The number of amides is 2. The van der Waals surface area contributed by atoms with Gasteiger partial charge in [0, 0.05) is 40.7 Å².